The minimum absolute atomic E-state index is 0.154. The molecule has 0 unspecified atom stereocenters. The molecule has 0 aromatic heterocycles. The summed E-state index contributed by atoms with van der Waals surface area (Å²) >= 11 is 0. The van der Waals surface area contributed by atoms with Crippen LogP contribution in [0.15, 0.2) is 0 Å². The van der Waals surface area contributed by atoms with Crippen LogP contribution in [-0.2, 0) is 28.7 Å². The van der Waals surface area contributed by atoms with Gasteiger partial charge in [0, 0.05) is 60.9 Å². The van der Waals surface area contributed by atoms with Gasteiger partial charge in [-0.05, 0) is 68.2 Å². The highest BCUT2D eigenvalue weighted by Crippen LogP contribution is 2.50. The highest BCUT2D eigenvalue weighted by atomic mass is 16.7. The Balaban J connectivity index is 1.23. The summed E-state index contributed by atoms with van der Waals surface area (Å²) in [5, 5.41) is 3.86. The second kappa shape index (κ2) is 11.8. The van der Waals surface area contributed by atoms with Crippen molar-refractivity contribution >= 4 is 24.0 Å². The van der Waals surface area contributed by atoms with Crippen LogP contribution in [0.4, 0.5) is 9.59 Å². The lowest BCUT2D eigenvalue weighted by Crippen LogP contribution is -2.68. The van der Waals surface area contributed by atoms with E-state index in [2.05, 4.69) is 0 Å². The number of unbranched alkanes of at least 4 members (excludes halogenated alkanes) is 3. The smallest absolute Gasteiger partial charge is 0.417 e. The van der Waals surface area contributed by atoms with E-state index in [-0.39, 0.29) is 37.7 Å². The molecule has 0 aromatic carbocycles. The summed E-state index contributed by atoms with van der Waals surface area (Å²) in [5.41, 5.74) is -3.39. The van der Waals surface area contributed by atoms with Gasteiger partial charge < -0.3 is 19.1 Å². The number of piperidine rings is 2. The van der Waals surface area contributed by atoms with Crippen molar-refractivity contribution in [2.24, 2.45) is 0 Å². The van der Waals surface area contributed by atoms with E-state index in [1.54, 1.807) is 14.2 Å². The Kier molecular flexibility index (Phi) is 9.29. The maximum atomic E-state index is 13.2. The van der Waals surface area contributed by atoms with Gasteiger partial charge in [0.25, 0.3) is 0 Å². The molecule has 4 rings (SSSR count). The Bertz CT molecular complexity index is 985. The molecule has 2 spiro atoms. The van der Waals surface area contributed by atoms with Gasteiger partial charge in [0.15, 0.2) is 0 Å². The SMILES string of the molecule is CON1C(C)(C)CC2(CC(=O)N(CCCCCCN3C(=O)CC4(CC(C)(C)N(OC)C(C)(C)C4)OC3=O)C(=O)O2)CC1(C)C. The van der Waals surface area contributed by atoms with Crippen LogP contribution < -0.4 is 0 Å². The van der Waals surface area contributed by atoms with Gasteiger partial charge in [-0.2, -0.15) is 10.1 Å². The average Bonchev–Trinajstić information content (AvgIpc) is 2.80. The first-order valence-corrected chi connectivity index (χ1v) is 16.0. The highest BCUT2D eigenvalue weighted by molar-refractivity contribution is 5.95. The van der Waals surface area contributed by atoms with Crippen LogP contribution in [0.2, 0.25) is 0 Å². The number of imide groups is 2. The number of nitrogens with zero attached hydrogens (tertiary/aromatic N) is 4. The van der Waals surface area contributed by atoms with Crippen molar-refractivity contribution in [2.75, 3.05) is 27.3 Å². The molecular weight excluding hydrogens is 568 g/mol. The fraction of sp³-hybridized carbons (Fsp3) is 0.875. The van der Waals surface area contributed by atoms with E-state index in [1.807, 2.05) is 65.5 Å². The third kappa shape index (κ3) is 6.64. The molecule has 44 heavy (non-hydrogen) atoms. The summed E-state index contributed by atoms with van der Waals surface area (Å²) in [5.74, 6) is -0.422. The van der Waals surface area contributed by atoms with E-state index in [0.29, 0.717) is 38.5 Å². The van der Waals surface area contributed by atoms with Crippen LogP contribution in [0.25, 0.3) is 0 Å². The molecule has 0 aromatic rings. The third-order valence-electron chi connectivity index (χ3n) is 9.69. The van der Waals surface area contributed by atoms with Crippen molar-refractivity contribution in [1.82, 2.24) is 19.9 Å². The molecule has 4 heterocycles. The summed E-state index contributed by atoms with van der Waals surface area (Å²) in [6.45, 7) is 16.8. The lowest BCUT2D eigenvalue weighted by atomic mass is 9.70. The third-order valence-corrected chi connectivity index (χ3v) is 9.69. The fourth-order valence-corrected chi connectivity index (χ4v) is 9.41. The van der Waals surface area contributed by atoms with E-state index in [4.69, 9.17) is 19.1 Å². The highest BCUT2D eigenvalue weighted by Gasteiger charge is 2.59. The van der Waals surface area contributed by atoms with Crippen LogP contribution in [0.5, 0.6) is 0 Å². The number of carbonyl (C=O) groups is 4. The predicted molar refractivity (Wildman–Crippen MR) is 162 cm³/mol. The largest absolute Gasteiger partial charge is 0.442 e. The lowest BCUT2D eigenvalue weighted by molar-refractivity contribution is -0.293. The minimum Gasteiger partial charge on any atom is -0.442 e. The first-order chi connectivity index (χ1) is 20.2. The van der Waals surface area contributed by atoms with E-state index in [9.17, 15) is 19.2 Å². The molecule has 0 saturated carbocycles. The van der Waals surface area contributed by atoms with Crippen molar-refractivity contribution in [2.45, 2.75) is 153 Å². The number of carbonyl (C=O) groups excluding carboxylic acids is 4. The Labute approximate surface area is 262 Å². The standard InChI is InChI=1S/C32H54N4O8/c1-27(2)19-31(20-28(3,4)35(27)41-9)17-23(37)33(25(39)43-31)15-13-11-12-14-16-34-24(38)18-32(44-26(34)40)21-29(5,6)36(42-10)30(7,8)22-32/h11-22H2,1-10H3. The number of rotatable bonds is 9. The van der Waals surface area contributed by atoms with Gasteiger partial charge in [0.2, 0.25) is 11.8 Å². The number of hydrogen-bond acceptors (Lipinski definition) is 10. The van der Waals surface area contributed by atoms with E-state index in [1.165, 1.54) is 9.80 Å². The quantitative estimate of drug-likeness (QED) is 0.318. The maximum Gasteiger partial charge on any atom is 0.417 e. The van der Waals surface area contributed by atoms with Crippen LogP contribution in [0, 0.1) is 0 Å². The Morgan fingerprint density at radius 2 is 0.841 bits per heavy atom. The fourth-order valence-electron chi connectivity index (χ4n) is 9.41. The Hall–Kier alpha value is -2.28. The second-order valence-corrected chi connectivity index (χ2v) is 15.9. The normalized spacial score (nSPS) is 27.5. The summed E-state index contributed by atoms with van der Waals surface area (Å²) in [6, 6.07) is 0. The van der Waals surface area contributed by atoms with E-state index >= 15 is 0 Å². The van der Waals surface area contributed by atoms with Gasteiger partial charge in [0.05, 0.1) is 27.1 Å². The van der Waals surface area contributed by atoms with E-state index < -0.39 is 45.5 Å². The molecule has 0 atom stereocenters. The Morgan fingerprint density at radius 1 is 0.545 bits per heavy atom. The molecular formula is C32H54N4O8. The molecule has 0 bridgehead atoms. The van der Waals surface area contributed by atoms with Crippen LogP contribution >= 0.6 is 0 Å². The molecule has 12 heteroatoms. The molecule has 12 nitrogen and oxygen atoms in total. The molecule has 4 aliphatic heterocycles. The summed E-state index contributed by atoms with van der Waals surface area (Å²) < 4.78 is 12.0. The van der Waals surface area contributed by atoms with Gasteiger partial charge in [-0.1, -0.05) is 12.8 Å². The first kappa shape index (κ1) is 34.6. The zero-order valence-corrected chi connectivity index (χ0v) is 28.5. The maximum absolute atomic E-state index is 13.2. The molecule has 250 valence electrons. The van der Waals surface area contributed by atoms with Crippen molar-refractivity contribution < 1.29 is 38.3 Å². The first-order valence-electron chi connectivity index (χ1n) is 16.0. The molecule has 0 radical (unpaired) electrons. The topological polar surface area (TPSA) is 118 Å². The van der Waals surface area contributed by atoms with Crippen LogP contribution in [0.1, 0.15) is 120 Å². The van der Waals surface area contributed by atoms with Crippen LogP contribution in [0.3, 0.4) is 0 Å². The lowest BCUT2D eigenvalue weighted by Gasteiger charge is -2.58. The summed E-state index contributed by atoms with van der Waals surface area (Å²) in [6.07, 6.45) is 3.85. The zero-order valence-electron chi connectivity index (χ0n) is 28.5. The molecule has 4 amide bonds. The molecule has 4 aliphatic rings. The van der Waals surface area contributed by atoms with Gasteiger partial charge in [-0.25, -0.2) is 19.4 Å². The predicted octanol–water partition coefficient (Wildman–Crippen LogP) is 5.19. The molecule has 0 aliphatic carbocycles. The van der Waals surface area contributed by atoms with Gasteiger partial charge in [-0.15, -0.1) is 0 Å². The Morgan fingerprint density at radius 3 is 1.09 bits per heavy atom. The number of ether oxygens (including phenoxy) is 2. The van der Waals surface area contributed by atoms with E-state index in [0.717, 1.165) is 12.8 Å². The second-order valence-electron chi connectivity index (χ2n) is 15.9. The summed E-state index contributed by atoms with van der Waals surface area (Å²) in [7, 11) is 3.28. The van der Waals surface area contributed by atoms with Crippen molar-refractivity contribution in [3.63, 3.8) is 0 Å². The van der Waals surface area contributed by atoms with Gasteiger partial charge in [0.1, 0.15) is 11.2 Å². The number of hydroxylamine groups is 4. The number of amides is 4. The molecule has 0 N–H and O–H groups in total. The number of hydrogen-bond donors (Lipinski definition) is 0. The minimum atomic E-state index is -0.854. The van der Waals surface area contributed by atoms with Gasteiger partial charge >= 0.3 is 12.2 Å². The van der Waals surface area contributed by atoms with Gasteiger partial charge in [-0.3, -0.25) is 9.59 Å². The summed E-state index contributed by atoms with van der Waals surface area (Å²) in [4.78, 5) is 66.1. The van der Waals surface area contributed by atoms with Crippen LogP contribution in [-0.4, -0.2) is 105 Å². The van der Waals surface area contributed by atoms with Crippen molar-refractivity contribution in [3.05, 3.63) is 0 Å². The molecule has 4 saturated heterocycles. The molecule has 4 fully saturated rings. The van der Waals surface area contributed by atoms with Crippen molar-refractivity contribution in [3.8, 4) is 0 Å². The van der Waals surface area contributed by atoms with Crippen molar-refractivity contribution in [1.29, 1.82) is 0 Å². The average molecular weight is 623 g/mol. The zero-order chi connectivity index (χ0) is 32.9. The monoisotopic (exact) mass is 622 g/mol.